The highest BCUT2D eigenvalue weighted by atomic mass is 35.5. The molecule has 0 bridgehead atoms. The molecule has 156 valence electrons. The molecule has 29 heavy (non-hydrogen) atoms. The van der Waals surface area contributed by atoms with Crippen molar-refractivity contribution in [3.05, 3.63) is 64.7 Å². The second kappa shape index (κ2) is 11.9. The lowest BCUT2D eigenvalue weighted by molar-refractivity contribution is 0.0975. The Morgan fingerprint density at radius 2 is 1.72 bits per heavy atom. The van der Waals surface area contributed by atoms with Crippen LogP contribution in [0.15, 0.2) is 53.7 Å². The number of amides is 2. The predicted molar refractivity (Wildman–Crippen MR) is 113 cm³/mol. The zero-order valence-corrected chi connectivity index (χ0v) is 16.6. The van der Waals surface area contributed by atoms with E-state index < -0.39 is 12.1 Å². The molecule has 0 unspecified atom stereocenters. The van der Waals surface area contributed by atoms with E-state index in [4.69, 9.17) is 32.4 Å². The van der Waals surface area contributed by atoms with Gasteiger partial charge in [-0.1, -0.05) is 41.0 Å². The summed E-state index contributed by atoms with van der Waals surface area (Å²) in [5, 5.41) is 27.6. The fourth-order valence-electron chi connectivity index (χ4n) is 2.52. The second-order valence-electron chi connectivity index (χ2n) is 6.23. The molecule has 0 fully saturated rings. The smallest absolute Gasteiger partial charge is 0.319 e. The first kappa shape index (κ1) is 22.5. The molecular formula is C20H25ClN4O4. The number of rotatable bonds is 10. The van der Waals surface area contributed by atoms with Crippen molar-refractivity contribution in [1.29, 1.82) is 0 Å². The van der Waals surface area contributed by atoms with E-state index in [1.54, 1.807) is 24.3 Å². The van der Waals surface area contributed by atoms with E-state index in [-0.39, 0.29) is 25.7 Å². The third-order valence-corrected chi connectivity index (χ3v) is 4.23. The number of oxime groups is 1. The van der Waals surface area contributed by atoms with Gasteiger partial charge in [0.15, 0.2) is 5.84 Å². The minimum Gasteiger partial charge on any atom is -0.396 e. The molecule has 1 atom stereocenters. The first-order chi connectivity index (χ1) is 14.0. The molecule has 6 N–H and O–H groups in total. The zero-order chi connectivity index (χ0) is 21.1. The Balaban J connectivity index is 2.07. The summed E-state index contributed by atoms with van der Waals surface area (Å²) in [6.45, 7) is -0.116. The van der Waals surface area contributed by atoms with Gasteiger partial charge in [-0.15, -0.1) is 0 Å². The lowest BCUT2D eigenvalue weighted by Gasteiger charge is -2.19. The average molecular weight is 421 g/mol. The summed E-state index contributed by atoms with van der Waals surface area (Å²) in [6, 6.07) is 13.2. The van der Waals surface area contributed by atoms with Gasteiger partial charge in [0.25, 0.3) is 0 Å². The van der Waals surface area contributed by atoms with Crippen LogP contribution in [0.2, 0.25) is 5.02 Å². The second-order valence-corrected chi connectivity index (χ2v) is 6.66. The summed E-state index contributed by atoms with van der Waals surface area (Å²) in [5.74, 6) is 0.0733. The Morgan fingerprint density at radius 1 is 1.07 bits per heavy atom. The first-order valence-corrected chi connectivity index (χ1v) is 9.47. The Morgan fingerprint density at radius 3 is 2.34 bits per heavy atom. The number of carbonyl (C=O) groups is 1. The fraction of sp³-hybridized carbons (Fsp3) is 0.300. The van der Waals surface area contributed by atoms with E-state index in [1.165, 1.54) is 0 Å². The predicted octanol–water partition coefficient (Wildman–Crippen LogP) is 1.89. The van der Waals surface area contributed by atoms with E-state index in [9.17, 15) is 4.79 Å². The highest BCUT2D eigenvalue weighted by Crippen LogP contribution is 2.13. The van der Waals surface area contributed by atoms with Crippen molar-refractivity contribution in [2.75, 3.05) is 25.1 Å². The molecule has 0 spiro atoms. The van der Waals surface area contributed by atoms with Crippen LogP contribution in [-0.2, 0) is 17.7 Å². The Bertz CT molecular complexity index is 797. The van der Waals surface area contributed by atoms with Crippen LogP contribution in [0.1, 0.15) is 11.1 Å². The summed E-state index contributed by atoms with van der Waals surface area (Å²) in [4.78, 5) is 17.3. The maximum atomic E-state index is 12.4. The molecule has 0 aliphatic rings. The van der Waals surface area contributed by atoms with Crippen LogP contribution in [0.25, 0.3) is 0 Å². The molecule has 2 aromatic carbocycles. The minimum absolute atomic E-state index is 0.000246. The number of nitrogens with zero attached hydrogens (tertiary/aromatic N) is 1. The zero-order valence-electron chi connectivity index (χ0n) is 15.8. The van der Waals surface area contributed by atoms with E-state index in [1.807, 2.05) is 24.3 Å². The summed E-state index contributed by atoms with van der Waals surface area (Å²) >= 11 is 5.85. The average Bonchev–Trinajstić information content (AvgIpc) is 2.71. The van der Waals surface area contributed by atoms with Crippen molar-refractivity contribution in [2.45, 2.75) is 18.9 Å². The van der Waals surface area contributed by atoms with E-state index in [0.717, 1.165) is 11.1 Å². The molecule has 8 nitrogen and oxygen atoms in total. The lowest BCUT2D eigenvalue weighted by Crippen LogP contribution is -2.47. The number of nitrogens with one attached hydrogen (secondary N) is 2. The Kier molecular flexibility index (Phi) is 9.23. The van der Waals surface area contributed by atoms with Crippen LogP contribution < -0.4 is 16.4 Å². The maximum absolute atomic E-state index is 12.4. The van der Waals surface area contributed by atoms with E-state index in [0.29, 0.717) is 23.6 Å². The molecule has 0 saturated carbocycles. The summed E-state index contributed by atoms with van der Waals surface area (Å²) in [5.41, 5.74) is 8.50. The molecule has 0 aromatic heterocycles. The number of amidine groups is 1. The van der Waals surface area contributed by atoms with Crippen LogP contribution in [0.4, 0.5) is 10.5 Å². The van der Waals surface area contributed by atoms with Gasteiger partial charge in [0.2, 0.25) is 0 Å². The molecule has 9 heteroatoms. The van der Waals surface area contributed by atoms with Crippen molar-refractivity contribution in [1.82, 2.24) is 5.32 Å². The molecule has 2 aromatic rings. The normalized spacial score (nSPS) is 12.3. The quantitative estimate of drug-likeness (QED) is 0.173. The number of halogens is 1. The number of aliphatic hydroxyl groups is 2. The number of urea groups is 1. The van der Waals surface area contributed by atoms with Crippen molar-refractivity contribution in [2.24, 2.45) is 10.9 Å². The highest BCUT2D eigenvalue weighted by molar-refractivity contribution is 6.30. The molecule has 2 rings (SSSR count). The monoisotopic (exact) mass is 420 g/mol. The third kappa shape index (κ3) is 7.98. The fourth-order valence-corrected chi connectivity index (χ4v) is 2.65. The number of aliphatic hydroxyl groups excluding tert-OH is 2. The molecule has 0 aliphatic carbocycles. The van der Waals surface area contributed by atoms with Gasteiger partial charge in [0, 0.05) is 23.7 Å². The number of anilines is 1. The van der Waals surface area contributed by atoms with Gasteiger partial charge < -0.3 is 31.4 Å². The molecule has 0 radical (unpaired) electrons. The number of carbonyl (C=O) groups excluding carboxylic acids is 1. The third-order valence-electron chi connectivity index (χ3n) is 3.98. The van der Waals surface area contributed by atoms with E-state index in [2.05, 4.69) is 15.8 Å². The first-order valence-electron chi connectivity index (χ1n) is 9.09. The van der Waals surface area contributed by atoms with Crippen molar-refractivity contribution >= 4 is 29.2 Å². The van der Waals surface area contributed by atoms with Gasteiger partial charge in [-0.05, 0) is 41.8 Å². The van der Waals surface area contributed by atoms with Gasteiger partial charge >= 0.3 is 6.03 Å². The van der Waals surface area contributed by atoms with Crippen LogP contribution in [0.3, 0.4) is 0 Å². The molecule has 0 saturated heterocycles. The van der Waals surface area contributed by atoms with Crippen molar-refractivity contribution in [3.63, 3.8) is 0 Å². The van der Waals surface area contributed by atoms with Gasteiger partial charge in [0.05, 0.1) is 12.6 Å². The van der Waals surface area contributed by atoms with Gasteiger partial charge in [-0.2, -0.15) is 0 Å². The van der Waals surface area contributed by atoms with Crippen LogP contribution >= 0.6 is 11.6 Å². The van der Waals surface area contributed by atoms with Crippen LogP contribution in [0.5, 0.6) is 0 Å². The topological polar surface area (TPSA) is 129 Å². The summed E-state index contributed by atoms with van der Waals surface area (Å²) in [7, 11) is 0. The molecule has 0 aliphatic heterocycles. The van der Waals surface area contributed by atoms with Gasteiger partial charge in [-0.3, -0.25) is 0 Å². The van der Waals surface area contributed by atoms with E-state index >= 15 is 0 Å². The number of hydrogen-bond acceptors (Lipinski definition) is 5. The number of nitrogens with two attached hydrogens (primary N) is 1. The summed E-state index contributed by atoms with van der Waals surface area (Å²) < 4.78 is 0. The number of hydrogen-bond donors (Lipinski definition) is 5. The van der Waals surface area contributed by atoms with Gasteiger partial charge in [0.1, 0.15) is 6.61 Å². The standard InChI is InChI=1S/C20H25ClN4O4/c21-16-5-7-17(8-6-16)23-20(28)24-18(19(22)25-29-12-11-27)13-15-3-1-14(2-4-15)9-10-26/h1-8,18,26-27H,9-13H2,(H2,22,25)(H2,23,24,28)/t18-/m0/s1. The minimum atomic E-state index is -0.635. The molecule has 0 heterocycles. The largest absolute Gasteiger partial charge is 0.396 e. The maximum Gasteiger partial charge on any atom is 0.319 e. The van der Waals surface area contributed by atoms with Crippen LogP contribution in [-0.4, -0.2) is 47.9 Å². The Hall–Kier alpha value is -2.81. The molecule has 2 amide bonds. The lowest BCUT2D eigenvalue weighted by atomic mass is 10.0. The van der Waals surface area contributed by atoms with Crippen molar-refractivity contribution in [3.8, 4) is 0 Å². The SMILES string of the molecule is N/C(=N\OCCO)[C@H](Cc1ccc(CCO)cc1)NC(=O)Nc1ccc(Cl)cc1. The molecular weight excluding hydrogens is 396 g/mol. The van der Waals surface area contributed by atoms with Crippen molar-refractivity contribution < 1.29 is 19.8 Å². The summed E-state index contributed by atoms with van der Waals surface area (Å²) in [6.07, 6.45) is 0.954. The highest BCUT2D eigenvalue weighted by Gasteiger charge is 2.18. The van der Waals surface area contributed by atoms with Crippen LogP contribution in [0, 0.1) is 0 Å². The Labute approximate surface area is 174 Å². The van der Waals surface area contributed by atoms with Gasteiger partial charge in [-0.25, -0.2) is 4.79 Å². The number of benzene rings is 2.